The van der Waals surface area contributed by atoms with Crippen molar-refractivity contribution in [2.45, 2.75) is 13.8 Å². The Balaban J connectivity index is 4.17. The molecule has 90 valence electrons. The lowest BCUT2D eigenvalue weighted by Crippen LogP contribution is -2.31. The standard InChI is InChI=1S/C14H24N2/c1-6-8-9-14(7-2)13(3)12-16(5)11-10-15-4/h1,7-9,13,15H,10-12H2,2-5H3/b9-8-,14-7+. The van der Waals surface area contributed by atoms with E-state index in [0.29, 0.717) is 5.92 Å². The van der Waals surface area contributed by atoms with Crippen molar-refractivity contribution < 1.29 is 0 Å². The second kappa shape index (κ2) is 9.21. The summed E-state index contributed by atoms with van der Waals surface area (Å²) in [6.07, 6.45) is 11.1. The average Bonchev–Trinajstić information content (AvgIpc) is 2.27. The molecule has 0 aromatic rings. The second-order valence-electron chi connectivity index (χ2n) is 4.06. The Bertz CT molecular complexity index is 271. The summed E-state index contributed by atoms with van der Waals surface area (Å²) >= 11 is 0. The lowest BCUT2D eigenvalue weighted by atomic mass is 10.00. The van der Waals surface area contributed by atoms with Gasteiger partial charge in [0.1, 0.15) is 0 Å². The first-order chi connectivity index (χ1) is 7.65. The number of terminal acetylenes is 1. The topological polar surface area (TPSA) is 15.3 Å². The van der Waals surface area contributed by atoms with Gasteiger partial charge in [0, 0.05) is 19.6 Å². The Kier molecular flexibility index (Phi) is 8.61. The molecule has 0 amide bonds. The Morgan fingerprint density at radius 3 is 2.75 bits per heavy atom. The Morgan fingerprint density at radius 1 is 1.56 bits per heavy atom. The van der Waals surface area contributed by atoms with Gasteiger partial charge >= 0.3 is 0 Å². The van der Waals surface area contributed by atoms with Crippen LogP contribution >= 0.6 is 0 Å². The molecular formula is C14H24N2. The molecule has 16 heavy (non-hydrogen) atoms. The highest BCUT2D eigenvalue weighted by molar-refractivity contribution is 5.26. The van der Waals surface area contributed by atoms with E-state index in [2.05, 4.69) is 43.1 Å². The van der Waals surface area contributed by atoms with E-state index in [1.807, 2.05) is 13.1 Å². The van der Waals surface area contributed by atoms with Gasteiger partial charge in [0.15, 0.2) is 0 Å². The third kappa shape index (κ3) is 6.44. The van der Waals surface area contributed by atoms with Crippen LogP contribution < -0.4 is 5.32 Å². The molecule has 2 nitrogen and oxygen atoms in total. The maximum Gasteiger partial charge on any atom is 0.0104 e. The van der Waals surface area contributed by atoms with Crippen molar-refractivity contribution in [3.63, 3.8) is 0 Å². The molecule has 0 bridgehead atoms. The third-order valence-corrected chi connectivity index (χ3v) is 2.60. The van der Waals surface area contributed by atoms with Gasteiger partial charge in [0.25, 0.3) is 0 Å². The highest BCUT2D eigenvalue weighted by Gasteiger charge is 2.08. The van der Waals surface area contributed by atoms with Crippen LogP contribution in [0.3, 0.4) is 0 Å². The molecule has 0 saturated heterocycles. The highest BCUT2D eigenvalue weighted by atomic mass is 15.1. The van der Waals surface area contributed by atoms with E-state index in [-0.39, 0.29) is 0 Å². The molecule has 1 unspecified atom stereocenters. The Labute approximate surface area is 100 Å². The van der Waals surface area contributed by atoms with Gasteiger partial charge in [0.2, 0.25) is 0 Å². The summed E-state index contributed by atoms with van der Waals surface area (Å²) in [5.74, 6) is 3.04. The highest BCUT2D eigenvalue weighted by Crippen LogP contribution is 2.12. The lowest BCUT2D eigenvalue weighted by Gasteiger charge is -2.21. The minimum absolute atomic E-state index is 0.511. The van der Waals surface area contributed by atoms with Gasteiger partial charge in [-0.2, -0.15) is 0 Å². The summed E-state index contributed by atoms with van der Waals surface area (Å²) in [5.41, 5.74) is 1.30. The first kappa shape index (κ1) is 15.0. The SMILES string of the molecule is C#C/C=C\C(=C/C)C(C)CN(C)CCNC. The fourth-order valence-electron chi connectivity index (χ4n) is 1.66. The molecule has 2 heteroatoms. The number of hydrogen-bond acceptors (Lipinski definition) is 2. The van der Waals surface area contributed by atoms with Gasteiger partial charge in [0.05, 0.1) is 0 Å². The molecule has 0 saturated carbocycles. The van der Waals surface area contributed by atoms with Crippen LogP contribution in [0.1, 0.15) is 13.8 Å². The molecule has 0 aromatic heterocycles. The smallest absolute Gasteiger partial charge is 0.0104 e. The number of likely N-dealkylation sites (N-methyl/N-ethyl adjacent to an activating group) is 2. The molecule has 0 radical (unpaired) electrons. The monoisotopic (exact) mass is 220 g/mol. The van der Waals surface area contributed by atoms with Crippen LogP contribution in [0.15, 0.2) is 23.8 Å². The maximum absolute atomic E-state index is 5.22. The number of nitrogens with one attached hydrogen (secondary N) is 1. The summed E-state index contributed by atoms with van der Waals surface area (Å²) < 4.78 is 0. The van der Waals surface area contributed by atoms with Crippen LogP contribution in [0.4, 0.5) is 0 Å². The van der Waals surface area contributed by atoms with E-state index in [1.54, 1.807) is 6.08 Å². The molecule has 0 rings (SSSR count). The van der Waals surface area contributed by atoms with E-state index in [1.165, 1.54) is 5.57 Å². The normalized spacial score (nSPS) is 14.4. The van der Waals surface area contributed by atoms with E-state index >= 15 is 0 Å². The predicted molar refractivity (Wildman–Crippen MR) is 72.3 cm³/mol. The molecule has 0 spiro atoms. The molecule has 0 aliphatic rings. The van der Waals surface area contributed by atoms with Crippen molar-refractivity contribution in [3.05, 3.63) is 23.8 Å². The molecule has 0 heterocycles. The van der Waals surface area contributed by atoms with Crippen LogP contribution in [0.25, 0.3) is 0 Å². The summed E-state index contributed by atoms with van der Waals surface area (Å²) in [7, 11) is 4.12. The van der Waals surface area contributed by atoms with Gasteiger partial charge in [-0.1, -0.05) is 25.0 Å². The second-order valence-corrected chi connectivity index (χ2v) is 4.06. The Morgan fingerprint density at radius 2 is 2.25 bits per heavy atom. The van der Waals surface area contributed by atoms with Crippen molar-refractivity contribution in [1.82, 2.24) is 10.2 Å². The summed E-state index contributed by atoms with van der Waals surface area (Å²) in [4.78, 5) is 2.33. The molecular weight excluding hydrogens is 196 g/mol. The average molecular weight is 220 g/mol. The first-order valence-electron chi connectivity index (χ1n) is 5.77. The molecule has 0 aliphatic heterocycles. The van der Waals surface area contributed by atoms with Crippen molar-refractivity contribution in [1.29, 1.82) is 0 Å². The Hall–Kier alpha value is -1.04. The fraction of sp³-hybridized carbons (Fsp3) is 0.571. The van der Waals surface area contributed by atoms with Gasteiger partial charge < -0.3 is 10.2 Å². The van der Waals surface area contributed by atoms with Gasteiger partial charge in [-0.15, -0.1) is 6.42 Å². The summed E-state index contributed by atoms with van der Waals surface area (Å²) in [5, 5.41) is 3.15. The minimum atomic E-state index is 0.511. The van der Waals surface area contributed by atoms with E-state index in [0.717, 1.165) is 19.6 Å². The number of allylic oxidation sites excluding steroid dienone is 3. The van der Waals surface area contributed by atoms with Crippen LogP contribution in [0, 0.1) is 18.3 Å². The van der Waals surface area contributed by atoms with E-state index in [9.17, 15) is 0 Å². The lowest BCUT2D eigenvalue weighted by molar-refractivity contribution is 0.305. The van der Waals surface area contributed by atoms with Crippen molar-refractivity contribution in [3.8, 4) is 12.3 Å². The van der Waals surface area contributed by atoms with E-state index in [4.69, 9.17) is 6.42 Å². The number of rotatable bonds is 7. The first-order valence-corrected chi connectivity index (χ1v) is 5.77. The molecule has 1 N–H and O–H groups in total. The van der Waals surface area contributed by atoms with Gasteiger partial charge in [-0.05, 0) is 38.6 Å². The van der Waals surface area contributed by atoms with Gasteiger partial charge in [-0.3, -0.25) is 0 Å². The summed E-state index contributed by atoms with van der Waals surface area (Å²) in [6.45, 7) is 7.42. The maximum atomic E-state index is 5.22. The van der Waals surface area contributed by atoms with Crippen LogP contribution in [-0.4, -0.2) is 38.6 Å². The van der Waals surface area contributed by atoms with Crippen molar-refractivity contribution >= 4 is 0 Å². The van der Waals surface area contributed by atoms with Crippen LogP contribution in [-0.2, 0) is 0 Å². The summed E-state index contributed by atoms with van der Waals surface area (Å²) in [6, 6.07) is 0. The van der Waals surface area contributed by atoms with Crippen molar-refractivity contribution in [2.24, 2.45) is 5.92 Å². The number of nitrogens with zero attached hydrogens (tertiary/aromatic N) is 1. The quantitative estimate of drug-likeness (QED) is 0.521. The van der Waals surface area contributed by atoms with Gasteiger partial charge in [-0.25, -0.2) is 0 Å². The van der Waals surface area contributed by atoms with Crippen LogP contribution in [0.5, 0.6) is 0 Å². The number of hydrogen-bond donors (Lipinski definition) is 1. The van der Waals surface area contributed by atoms with Crippen molar-refractivity contribution in [2.75, 3.05) is 33.7 Å². The fourth-order valence-corrected chi connectivity index (χ4v) is 1.66. The van der Waals surface area contributed by atoms with E-state index < -0.39 is 0 Å². The molecule has 0 aliphatic carbocycles. The predicted octanol–water partition coefficient (Wildman–Crippen LogP) is 1.91. The molecule has 0 fully saturated rings. The zero-order chi connectivity index (χ0) is 12.4. The zero-order valence-electron chi connectivity index (χ0n) is 11.0. The molecule has 0 aromatic carbocycles. The molecule has 1 atom stereocenters. The minimum Gasteiger partial charge on any atom is -0.318 e. The zero-order valence-corrected chi connectivity index (χ0v) is 11.0. The van der Waals surface area contributed by atoms with Crippen LogP contribution in [0.2, 0.25) is 0 Å². The largest absolute Gasteiger partial charge is 0.318 e. The third-order valence-electron chi connectivity index (χ3n) is 2.60.